The van der Waals surface area contributed by atoms with E-state index in [1.807, 2.05) is 0 Å². The van der Waals surface area contributed by atoms with E-state index in [2.05, 4.69) is 64.6 Å². The highest BCUT2D eigenvalue weighted by Gasteiger charge is 2.11. The number of nitrogens with one attached hydrogen (secondary N) is 1. The van der Waals surface area contributed by atoms with Crippen LogP contribution in [0.5, 0.6) is 0 Å². The molecule has 0 heterocycles. The SMILES string of the molecule is CC(CNC1CC=CC1)c1cccc(Br)c1. The molecule has 2 heteroatoms. The fraction of sp³-hybridized carbons (Fsp3) is 0.429. The van der Waals surface area contributed by atoms with E-state index >= 15 is 0 Å². The van der Waals surface area contributed by atoms with Crippen molar-refractivity contribution in [3.8, 4) is 0 Å². The van der Waals surface area contributed by atoms with Gasteiger partial charge in [0.05, 0.1) is 0 Å². The maximum atomic E-state index is 3.62. The first-order chi connectivity index (χ1) is 7.75. The smallest absolute Gasteiger partial charge is 0.0178 e. The van der Waals surface area contributed by atoms with Crippen molar-refractivity contribution in [3.63, 3.8) is 0 Å². The first-order valence-electron chi connectivity index (χ1n) is 5.89. The van der Waals surface area contributed by atoms with Crippen molar-refractivity contribution < 1.29 is 0 Å². The molecule has 1 aliphatic rings. The Bertz CT molecular complexity index is 365. The van der Waals surface area contributed by atoms with E-state index in [-0.39, 0.29) is 0 Å². The second-order valence-corrected chi connectivity index (χ2v) is 5.42. The van der Waals surface area contributed by atoms with Gasteiger partial charge in [0.2, 0.25) is 0 Å². The first-order valence-corrected chi connectivity index (χ1v) is 6.69. The molecule has 16 heavy (non-hydrogen) atoms. The molecule has 0 fully saturated rings. The maximum Gasteiger partial charge on any atom is 0.0178 e. The minimum atomic E-state index is 0.568. The fourth-order valence-electron chi connectivity index (χ4n) is 2.06. The Morgan fingerprint density at radius 3 is 2.81 bits per heavy atom. The summed E-state index contributed by atoms with van der Waals surface area (Å²) in [6.07, 6.45) is 6.90. The predicted octanol–water partition coefficient (Wildman–Crippen LogP) is 3.86. The second-order valence-electron chi connectivity index (χ2n) is 4.50. The lowest BCUT2D eigenvalue weighted by atomic mass is 10.0. The second kappa shape index (κ2) is 5.65. The number of hydrogen-bond acceptors (Lipinski definition) is 1. The molecule has 1 N–H and O–H groups in total. The molecule has 1 aromatic carbocycles. The Hall–Kier alpha value is -0.600. The highest BCUT2D eigenvalue weighted by molar-refractivity contribution is 9.10. The normalized spacial score (nSPS) is 17.9. The van der Waals surface area contributed by atoms with Gasteiger partial charge < -0.3 is 5.32 Å². The number of halogens is 1. The van der Waals surface area contributed by atoms with E-state index in [1.165, 1.54) is 22.9 Å². The first kappa shape index (κ1) is 11.9. The minimum absolute atomic E-state index is 0.568. The van der Waals surface area contributed by atoms with E-state index in [9.17, 15) is 0 Å². The zero-order chi connectivity index (χ0) is 11.4. The Balaban J connectivity index is 1.85. The lowest BCUT2D eigenvalue weighted by Crippen LogP contribution is -2.29. The van der Waals surface area contributed by atoms with E-state index in [4.69, 9.17) is 0 Å². The summed E-state index contributed by atoms with van der Waals surface area (Å²) in [5, 5.41) is 3.62. The summed E-state index contributed by atoms with van der Waals surface area (Å²) in [5.74, 6) is 0.568. The average Bonchev–Trinajstić information content (AvgIpc) is 2.78. The molecule has 86 valence electrons. The van der Waals surface area contributed by atoms with Crippen molar-refractivity contribution in [3.05, 3.63) is 46.5 Å². The molecule has 1 aliphatic carbocycles. The molecule has 0 saturated heterocycles. The van der Waals surface area contributed by atoms with Crippen LogP contribution in [0.4, 0.5) is 0 Å². The Kier molecular flexibility index (Phi) is 4.19. The molecule has 1 unspecified atom stereocenters. The quantitative estimate of drug-likeness (QED) is 0.826. The van der Waals surface area contributed by atoms with Gasteiger partial charge in [-0.05, 0) is 36.5 Å². The molecular formula is C14H18BrN. The number of benzene rings is 1. The molecule has 0 aromatic heterocycles. The lowest BCUT2D eigenvalue weighted by Gasteiger charge is -2.17. The summed E-state index contributed by atoms with van der Waals surface area (Å²) >= 11 is 3.52. The van der Waals surface area contributed by atoms with Crippen molar-refractivity contribution >= 4 is 15.9 Å². The summed E-state index contributed by atoms with van der Waals surface area (Å²) in [4.78, 5) is 0. The van der Waals surface area contributed by atoms with Crippen LogP contribution in [0.1, 0.15) is 31.2 Å². The van der Waals surface area contributed by atoms with Crippen LogP contribution in [0, 0.1) is 0 Å². The highest BCUT2D eigenvalue weighted by atomic mass is 79.9. The molecular weight excluding hydrogens is 262 g/mol. The summed E-state index contributed by atoms with van der Waals surface area (Å²) in [7, 11) is 0. The van der Waals surface area contributed by atoms with Gasteiger partial charge >= 0.3 is 0 Å². The summed E-state index contributed by atoms with van der Waals surface area (Å²) < 4.78 is 1.17. The van der Waals surface area contributed by atoms with Crippen LogP contribution in [0.3, 0.4) is 0 Å². The summed E-state index contributed by atoms with van der Waals surface area (Å²) in [5.41, 5.74) is 1.40. The molecule has 0 aliphatic heterocycles. The third-order valence-corrected chi connectivity index (χ3v) is 3.63. The zero-order valence-corrected chi connectivity index (χ0v) is 11.2. The van der Waals surface area contributed by atoms with Gasteiger partial charge in [-0.1, -0.05) is 47.1 Å². The Morgan fingerprint density at radius 2 is 2.12 bits per heavy atom. The van der Waals surface area contributed by atoms with Crippen molar-refractivity contribution in [1.82, 2.24) is 5.32 Å². The van der Waals surface area contributed by atoms with Gasteiger partial charge in [-0.3, -0.25) is 0 Å². The summed E-state index contributed by atoms with van der Waals surface area (Å²) in [6, 6.07) is 9.25. The Morgan fingerprint density at radius 1 is 1.38 bits per heavy atom. The van der Waals surface area contributed by atoms with Gasteiger partial charge in [0, 0.05) is 17.1 Å². The third-order valence-electron chi connectivity index (χ3n) is 3.14. The van der Waals surface area contributed by atoms with Gasteiger partial charge in [-0.2, -0.15) is 0 Å². The molecule has 0 radical (unpaired) electrons. The molecule has 0 amide bonds. The molecule has 0 saturated carbocycles. The van der Waals surface area contributed by atoms with Crippen LogP contribution >= 0.6 is 15.9 Å². The predicted molar refractivity (Wildman–Crippen MR) is 72.7 cm³/mol. The van der Waals surface area contributed by atoms with E-state index < -0.39 is 0 Å². The van der Waals surface area contributed by atoms with Crippen LogP contribution in [0.2, 0.25) is 0 Å². The Labute approximate surface area is 106 Å². The minimum Gasteiger partial charge on any atom is -0.313 e. The van der Waals surface area contributed by atoms with Crippen LogP contribution in [-0.2, 0) is 0 Å². The van der Waals surface area contributed by atoms with Gasteiger partial charge in [-0.25, -0.2) is 0 Å². The van der Waals surface area contributed by atoms with Gasteiger partial charge in [0.15, 0.2) is 0 Å². The van der Waals surface area contributed by atoms with Crippen molar-refractivity contribution in [1.29, 1.82) is 0 Å². The average molecular weight is 280 g/mol. The van der Waals surface area contributed by atoms with E-state index in [1.54, 1.807) is 0 Å². The van der Waals surface area contributed by atoms with E-state index in [0.29, 0.717) is 12.0 Å². The van der Waals surface area contributed by atoms with E-state index in [0.717, 1.165) is 6.54 Å². The molecule has 0 spiro atoms. The van der Waals surface area contributed by atoms with Crippen LogP contribution in [0.15, 0.2) is 40.9 Å². The van der Waals surface area contributed by atoms with Crippen LogP contribution in [-0.4, -0.2) is 12.6 Å². The molecule has 1 aromatic rings. The van der Waals surface area contributed by atoms with Crippen LogP contribution < -0.4 is 5.32 Å². The van der Waals surface area contributed by atoms with Gasteiger partial charge in [-0.15, -0.1) is 0 Å². The zero-order valence-electron chi connectivity index (χ0n) is 9.62. The molecule has 2 rings (SSSR count). The monoisotopic (exact) mass is 279 g/mol. The topological polar surface area (TPSA) is 12.0 Å². The molecule has 1 atom stereocenters. The fourth-order valence-corrected chi connectivity index (χ4v) is 2.48. The molecule has 1 nitrogen and oxygen atoms in total. The largest absolute Gasteiger partial charge is 0.313 e. The number of rotatable bonds is 4. The summed E-state index contributed by atoms with van der Waals surface area (Å²) in [6.45, 7) is 3.33. The standard InChI is InChI=1S/C14H18BrN/c1-11(10-16-14-7-2-3-8-14)12-5-4-6-13(15)9-12/h2-6,9,11,14,16H,7-8,10H2,1H3. The lowest BCUT2D eigenvalue weighted by molar-refractivity contribution is 0.511. The maximum absolute atomic E-state index is 3.62. The van der Waals surface area contributed by atoms with Gasteiger partial charge in [0.1, 0.15) is 0 Å². The van der Waals surface area contributed by atoms with Crippen molar-refractivity contribution in [2.75, 3.05) is 6.54 Å². The third kappa shape index (κ3) is 3.19. The molecule has 0 bridgehead atoms. The van der Waals surface area contributed by atoms with Crippen LogP contribution in [0.25, 0.3) is 0 Å². The number of hydrogen-bond donors (Lipinski definition) is 1. The highest BCUT2D eigenvalue weighted by Crippen LogP contribution is 2.20. The van der Waals surface area contributed by atoms with Crippen molar-refractivity contribution in [2.45, 2.75) is 31.7 Å². The van der Waals surface area contributed by atoms with Crippen molar-refractivity contribution in [2.24, 2.45) is 0 Å². The van der Waals surface area contributed by atoms with Gasteiger partial charge in [0.25, 0.3) is 0 Å².